The van der Waals surface area contributed by atoms with Crippen molar-refractivity contribution in [3.05, 3.63) is 60.8 Å². The summed E-state index contributed by atoms with van der Waals surface area (Å²) in [5.41, 5.74) is 5.33. The molecule has 0 bridgehead atoms. The topological polar surface area (TPSA) is 134 Å². The van der Waals surface area contributed by atoms with E-state index >= 15 is 0 Å². The summed E-state index contributed by atoms with van der Waals surface area (Å²) in [5, 5.41) is 0. The summed E-state index contributed by atoms with van der Waals surface area (Å²) >= 11 is 0. The Balaban J connectivity index is 4.25. The SMILES string of the molecule is CC/C=C/C=C/C=C/C=C/CCCCCCCC(=O)O[C@H](COC(=O)CCCCCCCCCCC/C=C/CCCC)COP(=O)(O)OCCN. The molecular formula is C41H72NO8P. The predicted molar refractivity (Wildman–Crippen MR) is 210 cm³/mol. The van der Waals surface area contributed by atoms with Gasteiger partial charge in [0.05, 0.1) is 13.2 Å². The summed E-state index contributed by atoms with van der Waals surface area (Å²) in [6, 6.07) is 0. The van der Waals surface area contributed by atoms with E-state index in [-0.39, 0.29) is 32.6 Å². The molecule has 0 radical (unpaired) electrons. The van der Waals surface area contributed by atoms with Crippen molar-refractivity contribution in [2.24, 2.45) is 5.73 Å². The number of ether oxygens (including phenoxy) is 2. The summed E-state index contributed by atoms with van der Waals surface area (Å²) in [4.78, 5) is 34.8. The van der Waals surface area contributed by atoms with Gasteiger partial charge in [-0.3, -0.25) is 18.6 Å². The molecule has 294 valence electrons. The number of hydrogen-bond acceptors (Lipinski definition) is 8. The number of rotatable bonds is 36. The van der Waals surface area contributed by atoms with Crippen molar-refractivity contribution >= 4 is 19.8 Å². The van der Waals surface area contributed by atoms with E-state index in [9.17, 15) is 19.0 Å². The Hall–Kier alpha value is -2.29. The molecule has 0 aliphatic heterocycles. The Labute approximate surface area is 310 Å². The van der Waals surface area contributed by atoms with Gasteiger partial charge in [-0.15, -0.1) is 0 Å². The second-order valence-electron chi connectivity index (χ2n) is 12.9. The van der Waals surface area contributed by atoms with Crippen LogP contribution in [-0.2, 0) is 32.7 Å². The van der Waals surface area contributed by atoms with Crippen LogP contribution in [0.4, 0.5) is 0 Å². The highest BCUT2D eigenvalue weighted by atomic mass is 31.2. The number of phosphoric acid groups is 1. The van der Waals surface area contributed by atoms with Crippen LogP contribution in [0.3, 0.4) is 0 Å². The van der Waals surface area contributed by atoms with Crippen molar-refractivity contribution in [3.8, 4) is 0 Å². The number of esters is 2. The molecular weight excluding hydrogens is 665 g/mol. The fourth-order valence-electron chi connectivity index (χ4n) is 5.04. The highest BCUT2D eigenvalue weighted by Crippen LogP contribution is 2.43. The zero-order valence-electron chi connectivity index (χ0n) is 32.1. The Morgan fingerprint density at radius 2 is 1.10 bits per heavy atom. The molecule has 0 aliphatic carbocycles. The van der Waals surface area contributed by atoms with Crippen molar-refractivity contribution in [3.63, 3.8) is 0 Å². The predicted octanol–water partition coefficient (Wildman–Crippen LogP) is 10.9. The largest absolute Gasteiger partial charge is 0.472 e. The molecule has 0 aromatic carbocycles. The molecule has 0 fully saturated rings. The lowest BCUT2D eigenvalue weighted by Crippen LogP contribution is -2.29. The average molecular weight is 738 g/mol. The second kappa shape index (κ2) is 37.5. The van der Waals surface area contributed by atoms with Gasteiger partial charge in [-0.2, -0.15) is 0 Å². The molecule has 2 atom stereocenters. The molecule has 0 amide bonds. The Bertz CT molecular complexity index is 1020. The minimum Gasteiger partial charge on any atom is -0.462 e. The Kier molecular flexibility index (Phi) is 35.8. The maximum absolute atomic E-state index is 12.5. The molecule has 0 saturated carbocycles. The van der Waals surface area contributed by atoms with Crippen LogP contribution in [0.25, 0.3) is 0 Å². The van der Waals surface area contributed by atoms with Gasteiger partial charge in [-0.25, -0.2) is 4.57 Å². The van der Waals surface area contributed by atoms with Crippen molar-refractivity contribution in [2.75, 3.05) is 26.4 Å². The molecule has 0 heterocycles. The number of nitrogens with two attached hydrogens (primary N) is 1. The fourth-order valence-corrected chi connectivity index (χ4v) is 5.80. The van der Waals surface area contributed by atoms with Crippen LogP contribution in [0.5, 0.6) is 0 Å². The number of unbranched alkanes of at least 4 members (excludes halogenated alkanes) is 16. The van der Waals surface area contributed by atoms with Gasteiger partial charge in [0, 0.05) is 19.4 Å². The first-order chi connectivity index (χ1) is 24.8. The van der Waals surface area contributed by atoms with Crippen molar-refractivity contribution in [1.82, 2.24) is 0 Å². The maximum atomic E-state index is 12.5. The van der Waals surface area contributed by atoms with Crippen LogP contribution in [0.15, 0.2) is 60.8 Å². The van der Waals surface area contributed by atoms with Gasteiger partial charge in [0.15, 0.2) is 6.10 Å². The van der Waals surface area contributed by atoms with Crippen molar-refractivity contribution in [1.29, 1.82) is 0 Å². The first-order valence-corrected chi connectivity index (χ1v) is 21.3. The summed E-state index contributed by atoms with van der Waals surface area (Å²) in [5.74, 6) is -0.864. The zero-order valence-corrected chi connectivity index (χ0v) is 33.0. The average Bonchev–Trinajstić information content (AvgIpc) is 3.11. The quantitative estimate of drug-likeness (QED) is 0.0212. The van der Waals surface area contributed by atoms with E-state index in [0.29, 0.717) is 6.42 Å². The Morgan fingerprint density at radius 3 is 1.67 bits per heavy atom. The minimum atomic E-state index is -4.38. The third kappa shape index (κ3) is 37.3. The van der Waals surface area contributed by atoms with Gasteiger partial charge >= 0.3 is 19.8 Å². The number of hydrogen-bond donors (Lipinski definition) is 2. The van der Waals surface area contributed by atoms with Gasteiger partial charge in [0.2, 0.25) is 0 Å². The van der Waals surface area contributed by atoms with E-state index < -0.39 is 32.5 Å². The zero-order chi connectivity index (χ0) is 37.5. The monoisotopic (exact) mass is 737 g/mol. The third-order valence-corrected chi connectivity index (χ3v) is 8.97. The van der Waals surface area contributed by atoms with Gasteiger partial charge < -0.3 is 20.1 Å². The number of allylic oxidation sites excluding steroid dienone is 10. The van der Waals surface area contributed by atoms with Crippen LogP contribution in [0, 0.1) is 0 Å². The fraction of sp³-hybridized carbons (Fsp3) is 0.707. The van der Waals surface area contributed by atoms with Crippen LogP contribution in [0.2, 0.25) is 0 Å². The van der Waals surface area contributed by atoms with E-state index in [1.807, 2.05) is 30.4 Å². The lowest BCUT2D eigenvalue weighted by atomic mass is 10.1. The Morgan fingerprint density at radius 1 is 0.608 bits per heavy atom. The van der Waals surface area contributed by atoms with Crippen LogP contribution in [-0.4, -0.2) is 49.3 Å². The van der Waals surface area contributed by atoms with E-state index in [0.717, 1.165) is 57.8 Å². The molecule has 0 aromatic rings. The van der Waals surface area contributed by atoms with E-state index in [2.05, 4.69) is 44.2 Å². The third-order valence-electron chi connectivity index (χ3n) is 7.98. The lowest BCUT2D eigenvalue weighted by Gasteiger charge is -2.19. The van der Waals surface area contributed by atoms with Crippen molar-refractivity contribution < 1.29 is 37.6 Å². The molecule has 0 aliphatic rings. The number of carbonyl (C=O) groups excluding carboxylic acids is 2. The van der Waals surface area contributed by atoms with E-state index in [1.165, 1.54) is 64.2 Å². The minimum absolute atomic E-state index is 0.0462. The van der Waals surface area contributed by atoms with Crippen LogP contribution < -0.4 is 5.73 Å². The first-order valence-electron chi connectivity index (χ1n) is 19.8. The molecule has 0 spiro atoms. The number of phosphoric ester groups is 1. The molecule has 0 saturated heterocycles. The van der Waals surface area contributed by atoms with Crippen LogP contribution in [0.1, 0.15) is 155 Å². The first kappa shape index (κ1) is 48.7. The summed E-state index contributed by atoms with van der Waals surface area (Å²) in [7, 11) is -4.38. The molecule has 3 N–H and O–H groups in total. The molecule has 10 heteroatoms. The van der Waals surface area contributed by atoms with Gasteiger partial charge in [0.1, 0.15) is 6.61 Å². The van der Waals surface area contributed by atoms with E-state index in [4.69, 9.17) is 24.3 Å². The second-order valence-corrected chi connectivity index (χ2v) is 14.3. The van der Waals surface area contributed by atoms with Gasteiger partial charge in [0.25, 0.3) is 0 Å². The van der Waals surface area contributed by atoms with Crippen molar-refractivity contribution in [2.45, 2.75) is 161 Å². The molecule has 1 unspecified atom stereocenters. The lowest BCUT2D eigenvalue weighted by molar-refractivity contribution is -0.161. The van der Waals surface area contributed by atoms with Gasteiger partial charge in [-0.05, 0) is 51.4 Å². The summed E-state index contributed by atoms with van der Waals surface area (Å²) in [6.07, 6.45) is 42.4. The standard InChI is InChI=1S/C41H72NO8P/c1-3-5-7-9-11-13-15-17-19-21-23-25-27-29-31-33-40(43)47-37-39(38-49-51(45,46)48-36-35-42)50-41(44)34-32-30-28-26-24-22-20-18-16-14-12-10-8-6-4-2/h6,8-12,14,16,18,20,39H,3-5,7,13,15,17,19,21-38,42H2,1-2H3,(H,45,46)/b8-6+,11-9+,12-10+,16-14+,20-18+/t39-/m1/s1. The van der Waals surface area contributed by atoms with E-state index in [1.54, 1.807) is 0 Å². The van der Waals surface area contributed by atoms with Crippen LogP contribution >= 0.6 is 7.82 Å². The highest BCUT2D eigenvalue weighted by molar-refractivity contribution is 7.47. The van der Waals surface area contributed by atoms with Gasteiger partial charge in [-0.1, -0.05) is 152 Å². The summed E-state index contributed by atoms with van der Waals surface area (Å²) in [6.45, 7) is 3.51. The molecule has 51 heavy (non-hydrogen) atoms. The molecule has 0 aromatic heterocycles. The highest BCUT2D eigenvalue weighted by Gasteiger charge is 2.25. The normalized spacial score (nSPS) is 14.0. The maximum Gasteiger partial charge on any atom is 0.472 e. The number of carbonyl (C=O) groups is 2. The smallest absolute Gasteiger partial charge is 0.462 e. The molecule has 0 rings (SSSR count). The summed E-state index contributed by atoms with van der Waals surface area (Å²) < 4.78 is 32.7. The molecule has 9 nitrogen and oxygen atoms in total.